The molecule has 0 bridgehead atoms. The highest BCUT2D eigenvalue weighted by Crippen LogP contribution is 2.08. The molecule has 0 saturated heterocycles. The molecule has 15 heavy (non-hydrogen) atoms. The van der Waals surface area contributed by atoms with E-state index >= 15 is 0 Å². The highest BCUT2D eigenvalue weighted by Gasteiger charge is 2.16. The Morgan fingerprint density at radius 3 is 2.60 bits per heavy atom. The molecule has 1 aromatic heterocycles. The van der Waals surface area contributed by atoms with Crippen LogP contribution >= 0.6 is 0 Å². The Balaban J connectivity index is 2.49. The molecular weight excluding hydrogens is 192 g/mol. The smallest absolute Gasteiger partial charge is 0.228 e. The van der Waals surface area contributed by atoms with Crippen molar-refractivity contribution in [1.82, 2.24) is 15.0 Å². The molecule has 5 heteroatoms. The minimum atomic E-state index is -0.300. The van der Waals surface area contributed by atoms with Gasteiger partial charge in [-0.15, -0.1) is 0 Å². The lowest BCUT2D eigenvalue weighted by molar-refractivity contribution is 0.342. The predicted octanol–water partition coefficient (Wildman–Crippen LogP) is 0.453. The van der Waals surface area contributed by atoms with Gasteiger partial charge in [0.05, 0.1) is 0 Å². The summed E-state index contributed by atoms with van der Waals surface area (Å²) in [4.78, 5) is 6.37. The fourth-order valence-electron chi connectivity index (χ4n) is 1.18. The normalized spacial score (nSPS) is 12.4. The Morgan fingerprint density at radius 2 is 2.07 bits per heavy atom. The number of nitrogens with zero attached hydrogens (tertiary/aromatic N) is 3. The molecule has 5 nitrogen and oxygen atoms in total. The van der Waals surface area contributed by atoms with E-state index < -0.39 is 0 Å². The third-order valence-corrected chi connectivity index (χ3v) is 1.90. The standard InChI is InChI=1S/C10H20N4O/c1-10(2,11)7-9-12-8(13-15-9)5-6-14(3)4/h5-7,11H2,1-4H3. The molecule has 0 aliphatic carbocycles. The molecule has 1 rings (SSSR count). The summed E-state index contributed by atoms with van der Waals surface area (Å²) >= 11 is 0. The zero-order valence-electron chi connectivity index (χ0n) is 9.95. The monoisotopic (exact) mass is 212 g/mol. The lowest BCUT2D eigenvalue weighted by Crippen LogP contribution is -2.34. The Kier molecular flexibility index (Phi) is 3.82. The zero-order chi connectivity index (χ0) is 11.5. The number of hydrogen-bond acceptors (Lipinski definition) is 5. The molecule has 0 aliphatic rings. The quantitative estimate of drug-likeness (QED) is 0.767. The molecule has 0 aromatic carbocycles. The van der Waals surface area contributed by atoms with Crippen molar-refractivity contribution in [2.75, 3.05) is 20.6 Å². The van der Waals surface area contributed by atoms with E-state index in [1.165, 1.54) is 0 Å². The molecule has 0 amide bonds. The van der Waals surface area contributed by atoms with E-state index in [0.29, 0.717) is 12.3 Å². The largest absolute Gasteiger partial charge is 0.339 e. The average Bonchev–Trinajstić information content (AvgIpc) is 2.45. The van der Waals surface area contributed by atoms with E-state index in [-0.39, 0.29) is 5.54 Å². The first-order chi connectivity index (χ1) is 6.87. The minimum Gasteiger partial charge on any atom is -0.339 e. The number of likely N-dealkylation sites (N-methyl/N-ethyl adjacent to an activating group) is 1. The van der Waals surface area contributed by atoms with Crippen molar-refractivity contribution in [2.45, 2.75) is 32.2 Å². The maximum absolute atomic E-state index is 5.86. The second-order valence-electron chi connectivity index (χ2n) is 4.82. The number of rotatable bonds is 5. The van der Waals surface area contributed by atoms with Gasteiger partial charge in [0.1, 0.15) is 0 Å². The van der Waals surface area contributed by atoms with Gasteiger partial charge >= 0.3 is 0 Å². The van der Waals surface area contributed by atoms with Crippen molar-refractivity contribution in [3.05, 3.63) is 11.7 Å². The summed E-state index contributed by atoms with van der Waals surface area (Å²) in [6.07, 6.45) is 1.42. The topological polar surface area (TPSA) is 68.2 Å². The van der Waals surface area contributed by atoms with Crippen LogP contribution < -0.4 is 5.73 Å². The first-order valence-electron chi connectivity index (χ1n) is 5.12. The first kappa shape index (κ1) is 12.1. The lowest BCUT2D eigenvalue weighted by Gasteiger charge is -2.14. The van der Waals surface area contributed by atoms with Crippen molar-refractivity contribution in [2.24, 2.45) is 5.73 Å². The fourth-order valence-corrected chi connectivity index (χ4v) is 1.18. The van der Waals surface area contributed by atoms with E-state index in [0.717, 1.165) is 18.8 Å². The van der Waals surface area contributed by atoms with E-state index in [9.17, 15) is 0 Å². The number of hydrogen-bond donors (Lipinski definition) is 1. The molecule has 1 heterocycles. The first-order valence-corrected chi connectivity index (χ1v) is 5.12. The van der Waals surface area contributed by atoms with Gasteiger partial charge in [-0.2, -0.15) is 4.98 Å². The van der Waals surface area contributed by atoms with Gasteiger partial charge in [-0.05, 0) is 27.9 Å². The van der Waals surface area contributed by atoms with Crippen LogP contribution in [0.3, 0.4) is 0 Å². The molecule has 2 N–H and O–H groups in total. The predicted molar refractivity (Wildman–Crippen MR) is 58.5 cm³/mol. The minimum absolute atomic E-state index is 0.300. The van der Waals surface area contributed by atoms with E-state index in [1.54, 1.807) is 0 Å². The van der Waals surface area contributed by atoms with E-state index in [4.69, 9.17) is 10.3 Å². The summed E-state index contributed by atoms with van der Waals surface area (Å²) in [7, 11) is 4.04. The molecule has 0 saturated carbocycles. The highest BCUT2D eigenvalue weighted by molar-refractivity contribution is 4.92. The summed E-state index contributed by atoms with van der Waals surface area (Å²) in [5, 5.41) is 3.90. The Labute approximate surface area is 90.6 Å². The SMILES string of the molecule is CN(C)CCc1noc(CC(C)(C)N)n1. The molecule has 1 aromatic rings. The van der Waals surface area contributed by atoms with Crippen LogP contribution in [-0.2, 0) is 12.8 Å². The number of nitrogens with two attached hydrogens (primary N) is 1. The summed E-state index contributed by atoms with van der Waals surface area (Å²) in [5.74, 6) is 1.37. The number of aromatic nitrogens is 2. The van der Waals surface area contributed by atoms with Crippen LogP contribution in [0.25, 0.3) is 0 Å². The van der Waals surface area contributed by atoms with Crippen molar-refractivity contribution in [3.63, 3.8) is 0 Å². The average molecular weight is 212 g/mol. The fraction of sp³-hybridized carbons (Fsp3) is 0.800. The van der Waals surface area contributed by atoms with Gasteiger partial charge in [0.25, 0.3) is 0 Å². The van der Waals surface area contributed by atoms with Crippen LogP contribution in [0.4, 0.5) is 0 Å². The van der Waals surface area contributed by atoms with Crippen LogP contribution in [0.15, 0.2) is 4.52 Å². The molecule has 0 atom stereocenters. The summed E-state index contributed by atoms with van der Waals surface area (Å²) in [5.41, 5.74) is 5.56. The third-order valence-electron chi connectivity index (χ3n) is 1.90. The Bertz CT molecular complexity index is 301. The molecule has 0 spiro atoms. The van der Waals surface area contributed by atoms with E-state index in [1.807, 2.05) is 27.9 Å². The van der Waals surface area contributed by atoms with Gasteiger partial charge in [-0.3, -0.25) is 0 Å². The van der Waals surface area contributed by atoms with Crippen LogP contribution in [0.1, 0.15) is 25.6 Å². The Morgan fingerprint density at radius 1 is 1.40 bits per heavy atom. The molecule has 0 unspecified atom stereocenters. The molecule has 0 aliphatic heterocycles. The van der Waals surface area contributed by atoms with Gasteiger partial charge in [0.2, 0.25) is 5.89 Å². The van der Waals surface area contributed by atoms with Crippen LogP contribution in [0, 0.1) is 0 Å². The molecule has 0 fully saturated rings. The maximum atomic E-state index is 5.86. The zero-order valence-corrected chi connectivity index (χ0v) is 9.95. The second kappa shape index (κ2) is 4.72. The third kappa shape index (κ3) is 4.90. The van der Waals surface area contributed by atoms with Gasteiger partial charge < -0.3 is 15.2 Å². The highest BCUT2D eigenvalue weighted by atomic mass is 16.5. The summed E-state index contributed by atoms with van der Waals surface area (Å²) < 4.78 is 5.11. The summed E-state index contributed by atoms with van der Waals surface area (Å²) in [6.45, 7) is 4.80. The van der Waals surface area contributed by atoms with Crippen LogP contribution in [0.2, 0.25) is 0 Å². The van der Waals surface area contributed by atoms with E-state index in [2.05, 4.69) is 15.0 Å². The van der Waals surface area contributed by atoms with Crippen LogP contribution in [-0.4, -0.2) is 41.2 Å². The maximum Gasteiger partial charge on any atom is 0.228 e. The van der Waals surface area contributed by atoms with Gasteiger partial charge in [-0.1, -0.05) is 5.16 Å². The van der Waals surface area contributed by atoms with Crippen molar-refractivity contribution < 1.29 is 4.52 Å². The van der Waals surface area contributed by atoms with Gasteiger partial charge in [0.15, 0.2) is 5.82 Å². The van der Waals surface area contributed by atoms with Crippen LogP contribution in [0.5, 0.6) is 0 Å². The Hall–Kier alpha value is -0.940. The molecular formula is C10H20N4O. The molecule has 86 valence electrons. The van der Waals surface area contributed by atoms with Crippen molar-refractivity contribution in [3.8, 4) is 0 Å². The second-order valence-corrected chi connectivity index (χ2v) is 4.82. The van der Waals surface area contributed by atoms with Crippen molar-refractivity contribution >= 4 is 0 Å². The lowest BCUT2D eigenvalue weighted by atomic mass is 10.0. The van der Waals surface area contributed by atoms with Gasteiger partial charge in [0, 0.05) is 24.9 Å². The van der Waals surface area contributed by atoms with Crippen molar-refractivity contribution in [1.29, 1.82) is 0 Å². The van der Waals surface area contributed by atoms with Gasteiger partial charge in [-0.25, -0.2) is 0 Å². The molecule has 0 radical (unpaired) electrons. The summed E-state index contributed by atoms with van der Waals surface area (Å²) in [6, 6.07) is 0.